The van der Waals surface area contributed by atoms with Crippen molar-refractivity contribution in [2.24, 2.45) is 0 Å². The fourth-order valence-corrected chi connectivity index (χ4v) is 3.05. The van der Waals surface area contributed by atoms with Gasteiger partial charge in [-0.3, -0.25) is 4.79 Å². The van der Waals surface area contributed by atoms with Crippen LogP contribution in [-0.4, -0.2) is 5.78 Å². The maximum absolute atomic E-state index is 11.6. The van der Waals surface area contributed by atoms with Crippen molar-refractivity contribution in [2.45, 2.75) is 39.5 Å². The first-order valence-electron chi connectivity index (χ1n) is 6.97. The Morgan fingerprint density at radius 3 is 2.42 bits per heavy atom. The van der Waals surface area contributed by atoms with E-state index in [1.807, 2.05) is 13.0 Å². The molecule has 0 radical (unpaired) electrons. The minimum absolute atomic E-state index is 0.232. The minimum atomic E-state index is 0.232. The van der Waals surface area contributed by atoms with Gasteiger partial charge < -0.3 is 0 Å². The third-order valence-electron chi connectivity index (χ3n) is 3.26. The van der Waals surface area contributed by atoms with E-state index in [1.54, 1.807) is 11.3 Å². The highest BCUT2D eigenvalue weighted by Crippen LogP contribution is 2.29. The number of unbranched alkanes of at least 4 members (excludes halogenated alkanes) is 1. The zero-order valence-electron chi connectivity index (χ0n) is 11.6. The molecule has 0 aliphatic rings. The zero-order chi connectivity index (χ0) is 13.7. The van der Waals surface area contributed by atoms with Gasteiger partial charge in [-0.1, -0.05) is 44.5 Å². The van der Waals surface area contributed by atoms with E-state index in [-0.39, 0.29) is 5.78 Å². The molecule has 0 bridgehead atoms. The largest absolute Gasteiger partial charge is 0.293 e. The quantitative estimate of drug-likeness (QED) is 0.648. The van der Waals surface area contributed by atoms with Crippen LogP contribution in [0.4, 0.5) is 0 Å². The Hall–Kier alpha value is -1.41. The van der Waals surface area contributed by atoms with Crippen LogP contribution in [0.1, 0.15) is 48.3 Å². The number of thiophene rings is 1. The van der Waals surface area contributed by atoms with Crippen LogP contribution in [0.15, 0.2) is 36.4 Å². The Labute approximate surface area is 119 Å². The van der Waals surface area contributed by atoms with Gasteiger partial charge in [0, 0.05) is 11.3 Å². The molecule has 0 amide bonds. The summed E-state index contributed by atoms with van der Waals surface area (Å²) < 4.78 is 0. The lowest BCUT2D eigenvalue weighted by atomic mass is 10.1. The van der Waals surface area contributed by atoms with Crippen molar-refractivity contribution in [2.75, 3.05) is 0 Å². The van der Waals surface area contributed by atoms with E-state index in [9.17, 15) is 4.79 Å². The Bertz CT molecular complexity index is 537. The minimum Gasteiger partial charge on any atom is -0.293 e. The molecule has 0 saturated carbocycles. The highest BCUT2D eigenvalue weighted by molar-refractivity contribution is 7.17. The molecule has 0 spiro atoms. The summed E-state index contributed by atoms with van der Waals surface area (Å²) in [5.74, 6) is 0.232. The average Bonchev–Trinajstić information content (AvgIpc) is 2.94. The molecule has 2 heteroatoms. The van der Waals surface area contributed by atoms with Gasteiger partial charge in [0.1, 0.15) is 0 Å². The van der Waals surface area contributed by atoms with Crippen LogP contribution in [0.2, 0.25) is 0 Å². The maximum atomic E-state index is 11.6. The number of carbonyl (C=O) groups is 1. The van der Waals surface area contributed by atoms with Gasteiger partial charge in [-0.05, 0) is 36.1 Å². The molecule has 0 saturated heterocycles. The van der Waals surface area contributed by atoms with Gasteiger partial charge in [-0.15, -0.1) is 11.3 Å². The predicted molar refractivity (Wildman–Crippen MR) is 83.0 cm³/mol. The highest BCUT2D eigenvalue weighted by atomic mass is 32.1. The number of ketones is 1. The summed E-state index contributed by atoms with van der Waals surface area (Å²) in [6, 6.07) is 12.7. The summed E-state index contributed by atoms with van der Waals surface area (Å²) in [5, 5.41) is 0. The number of Topliss-reactive ketones (excluding diaryl/α,β-unsaturated/α-hetero) is 1. The van der Waals surface area contributed by atoms with Crippen molar-refractivity contribution in [1.82, 2.24) is 0 Å². The van der Waals surface area contributed by atoms with E-state index >= 15 is 0 Å². The van der Waals surface area contributed by atoms with Crippen molar-refractivity contribution in [3.8, 4) is 10.4 Å². The summed E-state index contributed by atoms with van der Waals surface area (Å²) in [6.07, 6.45) is 4.21. The molecule has 1 nitrogen and oxygen atoms in total. The standard InChI is InChI=1S/C17H20OS/c1-3-5-6-13-7-9-14(10-8-13)16-11-12-17(19-16)15(18)4-2/h7-12H,3-6H2,1-2H3. The molecule has 0 aliphatic heterocycles. The SMILES string of the molecule is CCCCc1ccc(-c2ccc(C(=O)CC)s2)cc1. The van der Waals surface area contributed by atoms with Gasteiger partial charge in [-0.2, -0.15) is 0 Å². The van der Waals surface area contributed by atoms with Crippen molar-refractivity contribution in [3.63, 3.8) is 0 Å². The van der Waals surface area contributed by atoms with E-state index in [1.165, 1.54) is 28.8 Å². The molecule has 0 atom stereocenters. The first-order valence-corrected chi connectivity index (χ1v) is 7.78. The highest BCUT2D eigenvalue weighted by Gasteiger charge is 2.08. The average molecular weight is 272 g/mol. The van der Waals surface area contributed by atoms with Crippen LogP contribution in [0.5, 0.6) is 0 Å². The van der Waals surface area contributed by atoms with Crippen LogP contribution in [0.3, 0.4) is 0 Å². The lowest BCUT2D eigenvalue weighted by Gasteiger charge is -2.02. The van der Waals surface area contributed by atoms with Crippen LogP contribution >= 0.6 is 11.3 Å². The molecule has 100 valence electrons. The second kappa shape index (κ2) is 6.67. The Kier molecular flexibility index (Phi) is 4.92. The van der Waals surface area contributed by atoms with Crippen LogP contribution in [0.25, 0.3) is 10.4 Å². The molecule has 0 unspecified atom stereocenters. The van der Waals surface area contributed by atoms with Gasteiger partial charge in [-0.25, -0.2) is 0 Å². The van der Waals surface area contributed by atoms with Crippen molar-refractivity contribution < 1.29 is 4.79 Å². The smallest absolute Gasteiger partial charge is 0.172 e. The van der Waals surface area contributed by atoms with Crippen molar-refractivity contribution in [1.29, 1.82) is 0 Å². The van der Waals surface area contributed by atoms with Gasteiger partial charge in [0.15, 0.2) is 5.78 Å². The molecule has 0 aliphatic carbocycles. The molecular formula is C17H20OS. The van der Waals surface area contributed by atoms with Gasteiger partial charge in [0.2, 0.25) is 0 Å². The van der Waals surface area contributed by atoms with E-state index in [4.69, 9.17) is 0 Å². The summed E-state index contributed by atoms with van der Waals surface area (Å²) in [6.45, 7) is 4.12. The van der Waals surface area contributed by atoms with Crippen molar-refractivity contribution >= 4 is 17.1 Å². The molecule has 1 aromatic heterocycles. The molecule has 0 N–H and O–H groups in total. The molecule has 0 fully saturated rings. The third kappa shape index (κ3) is 3.54. The van der Waals surface area contributed by atoms with E-state index in [0.717, 1.165) is 11.3 Å². The number of hydrogen-bond acceptors (Lipinski definition) is 2. The molecule has 2 aromatic rings. The molecule has 1 heterocycles. The molecule has 2 rings (SSSR count). The van der Waals surface area contributed by atoms with E-state index in [2.05, 4.69) is 37.3 Å². The number of rotatable bonds is 6. The lowest BCUT2D eigenvalue weighted by molar-refractivity contribution is 0.0992. The number of benzene rings is 1. The van der Waals surface area contributed by atoms with E-state index in [0.29, 0.717) is 6.42 Å². The number of carbonyl (C=O) groups excluding carboxylic acids is 1. The normalized spacial score (nSPS) is 10.6. The Morgan fingerprint density at radius 2 is 1.79 bits per heavy atom. The summed E-state index contributed by atoms with van der Waals surface area (Å²) in [4.78, 5) is 13.7. The fourth-order valence-electron chi connectivity index (χ4n) is 2.03. The van der Waals surface area contributed by atoms with E-state index < -0.39 is 0 Å². The molecule has 19 heavy (non-hydrogen) atoms. The summed E-state index contributed by atoms with van der Waals surface area (Å²) in [5.41, 5.74) is 2.60. The summed E-state index contributed by atoms with van der Waals surface area (Å²) in [7, 11) is 0. The monoisotopic (exact) mass is 272 g/mol. The third-order valence-corrected chi connectivity index (χ3v) is 4.43. The van der Waals surface area contributed by atoms with Crippen LogP contribution in [-0.2, 0) is 6.42 Å². The number of aryl methyl sites for hydroxylation is 1. The van der Waals surface area contributed by atoms with Gasteiger partial charge in [0.05, 0.1) is 4.88 Å². The first kappa shape index (κ1) is 14.0. The predicted octanol–water partition coefficient (Wildman–Crippen LogP) is 5.35. The van der Waals surface area contributed by atoms with Gasteiger partial charge >= 0.3 is 0 Å². The lowest BCUT2D eigenvalue weighted by Crippen LogP contribution is -1.90. The topological polar surface area (TPSA) is 17.1 Å². The Balaban J connectivity index is 2.13. The van der Waals surface area contributed by atoms with Crippen LogP contribution in [0, 0.1) is 0 Å². The maximum Gasteiger partial charge on any atom is 0.172 e. The summed E-state index contributed by atoms with van der Waals surface area (Å²) >= 11 is 1.59. The zero-order valence-corrected chi connectivity index (χ0v) is 12.4. The van der Waals surface area contributed by atoms with Crippen molar-refractivity contribution in [3.05, 3.63) is 46.8 Å². The first-order chi connectivity index (χ1) is 9.24. The second-order valence-corrected chi connectivity index (χ2v) is 5.82. The Morgan fingerprint density at radius 1 is 1.05 bits per heavy atom. The molecule has 1 aromatic carbocycles. The number of hydrogen-bond donors (Lipinski definition) is 0. The fraction of sp³-hybridized carbons (Fsp3) is 0.353. The molecular weight excluding hydrogens is 252 g/mol. The van der Waals surface area contributed by atoms with Gasteiger partial charge in [0.25, 0.3) is 0 Å². The van der Waals surface area contributed by atoms with Crippen LogP contribution < -0.4 is 0 Å². The second-order valence-electron chi connectivity index (χ2n) is 4.74.